The molecule has 0 unspecified atom stereocenters. The van der Waals surface area contributed by atoms with E-state index in [0.717, 1.165) is 48.8 Å². The minimum absolute atomic E-state index is 0. The quantitative estimate of drug-likeness (QED) is 0.655. The Bertz CT molecular complexity index is 758. The molecule has 0 amide bonds. The summed E-state index contributed by atoms with van der Waals surface area (Å²) in [7, 11) is 0. The van der Waals surface area contributed by atoms with E-state index in [1.807, 2.05) is 6.20 Å². The van der Waals surface area contributed by atoms with Crippen LogP contribution < -0.4 is 10.6 Å². The molecule has 3 aromatic heterocycles. The van der Waals surface area contributed by atoms with Crippen LogP contribution in [-0.2, 0) is 19.4 Å². The van der Waals surface area contributed by atoms with E-state index in [9.17, 15) is 0 Å². The Morgan fingerprint density at radius 1 is 1.26 bits per heavy atom. The zero-order valence-electron chi connectivity index (χ0n) is 12.3. The van der Waals surface area contributed by atoms with Crippen molar-refractivity contribution in [2.45, 2.75) is 19.4 Å². The summed E-state index contributed by atoms with van der Waals surface area (Å²) in [6, 6.07) is 0. The molecule has 0 spiro atoms. The molecule has 1 aliphatic heterocycles. The van der Waals surface area contributed by atoms with Crippen LogP contribution in [0.1, 0.15) is 16.1 Å². The average molecular weight is 373 g/mol. The van der Waals surface area contributed by atoms with Crippen molar-refractivity contribution in [3.8, 4) is 0 Å². The molecule has 3 aromatic rings. The Balaban J connectivity index is 0.000000960. The van der Waals surface area contributed by atoms with Crippen molar-refractivity contribution in [2.24, 2.45) is 0 Å². The van der Waals surface area contributed by atoms with Crippen molar-refractivity contribution < 1.29 is 0 Å². The number of fused-ring (bicyclic) bond motifs is 3. The summed E-state index contributed by atoms with van der Waals surface area (Å²) >= 11 is 1.78. The van der Waals surface area contributed by atoms with Gasteiger partial charge in [0.15, 0.2) is 0 Å². The number of nitrogens with zero attached hydrogens (tertiary/aromatic N) is 3. The zero-order chi connectivity index (χ0) is 14.1. The topological polar surface area (TPSA) is 78.5 Å². The van der Waals surface area contributed by atoms with Crippen LogP contribution in [0.15, 0.2) is 18.9 Å². The highest BCUT2D eigenvalue weighted by molar-refractivity contribution is 7.18. The number of H-pyrrole nitrogens is 1. The maximum atomic E-state index is 4.44. The van der Waals surface area contributed by atoms with Gasteiger partial charge in [-0.3, -0.25) is 0 Å². The summed E-state index contributed by atoms with van der Waals surface area (Å²) in [5.41, 5.74) is 2.54. The number of rotatable bonds is 4. The largest absolute Gasteiger partial charge is 0.369 e. The van der Waals surface area contributed by atoms with E-state index >= 15 is 0 Å². The molecule has 0 atom stereocenters. The van der Waals surface area contributed by atoms with Gasteiger partial charge in [-0.15, -0.1) is 36.2 Å². The third-order valence-corrected chi connectivity index (χ3v) is 4.89. The normalized spacial score (nSPS) is 13.0. The first kappa shape index (κ1) is 17.9. The van der Waals surface area contributed by atoms with Gasteiger partial charge in [0.1, 0.15) is 17.0 Å². The minimum Gasteiger partial charge on any atom is -0.369 e. The number of imidazole rings is 1. The molecule has 0 saturated heterocycles. The van der Waals surface area contributed by atoms with Crippen LogP contribution in [0.4, 0.5) is 5.82 Å². The second kappa shape index (κ2) is 7.92. The van der Waals surface area contributed by atoms with Gasteiger partial charge in [-0.05, 0) is 18.5 Å². The standard InChI is InChI=1S/C14H16N6S.2ClH/c1(9-5-16-7-18-9)4-17-13-12-10-2-3-15-6-11(10)21-14(12)20-8-19-13;;/h5,7-8,15H,1-4,6H2,(H,16,18)(H,17,19,20);2*1H. The van der Waals surface area contributed by atoms with E-state index in [4.69, 9.17) is 0 Å². The lowest BCUT2D eigenvalue weighted by Gasteiger charge is -2.13. The van der Waals surface area contributed by atoms with Gasteiger partial charge < -0.3 is 15.6 Å². The number of hydrogen-bond donors (Lipinski definition) is 3. The SMILES string of the molecule is Cl.Cl.c1nc(NCCc2cnc[nH]2)c2c3c(sc2n1)CNCC3. The molecular weight excluding hydrogens is 355 g/mol. The minimum atomic E-state index is 0. The number of aromatic nitrogens is 4. The lowest BCUT2D eigenvalue weighted by Crippen LogP contribution is -2.22. The highest BCUT2D eigenvalue weighted by atomic mass is 35.5. The lowest BCUT2D eigenvalue weighted by atomic mass is 10.1. The maximum Gasteiger partial charge on any atom is 0.138 e. The van der Waals surface area contributed by atoms with Gasteiger partial charge in [0.05, 0.1) is 11.7 Å². The summed E-state index contributed by atoms with van der Waals surface area (Å²) in [5.74, 6) is 0.957. The Morgan fingerprint density at radius 2 is 2.17 bits per heavy atom. The van der Waals surface area contributed by atoms with Crippen molar-refractivity contribution in [1.29, 1.82) is 0 Å². The van der Waals surface area contributed by atoms with Crippen LogP contribution in [0.25, 0.3) is 10.2 Å². The second-order valence-electron chi connectivity index (χ2n) is 5.09. The van der Waals surface area contributed by atoms with Crippen molar-refractivity contribution in [3.05, 3.63) is 35.0 Å². The molecule has 1 aliphatic rings. The van der Waals surface area contributed by atoms with E-state index in [1.54, 1.807) is 24.0 Å². The number of thiophene rings is 1. The molecule has 4 heterocycles. The third-order valence-electron chi connectivity index (χ3n) is 3.75. The number of aromatic amines is 1. The molecule has 4 rings (SSSR count). The molecule has 124 valence electrons. The van der Waals surface area contributed by atoms with Crippen molar-refractivity contribution in [1.82, 2.24) is 25.3 Å². The van der Waals surface area contributed by atoms with Crippen LogP contribution >= 0.6 is 36.2 Å². The number of halogens is 2. The molecule has 0 aliphatic carbocycles. The first-order valence-corrected chi connectivity index (χ1v) is 7.90. The molecule has 0 fully saturated rings. The van der Waals surface area contributed by atoms with Crippen LogP contribution in [0, 0.1) is 0 Å². The number of nitrogens with one attached hydrogen (secondary N) is 3. The molecule has 3 N–H and O–H groups in total. The second-order valence-corrected chi connectivity index (χ2v) is 6.17. The van der Waals surface area contributed by atoms with E-state index in [2.05, 4.69) is 30.6 Å². The van der Waals surface area contributed by atoms with Gasteiger partial charge in [-0.2, -0.15) is 0 Å². The predicted octanol–water partition coefficient (Wildman–Crippen LogP) is 2.56. The van der Waals surface area contributed by atoms with Gasteiger partial charge in [-0.25, -0.2) is 15.0 Å². The van der Waals surface area contributed by atoms with Crippen molar-refractivity contribution in [2.75, 3.05) is 18.4 Å². The van der Waals surface area contributed by atoms with Crippen LogP contribution in [0.2, 0.25) is 0 Å². The Hall–Kier alpha value is -1.41. The summed E-state index contributed by atoms with van der Waals surface area (Å²) in [4.78, 5) is 18.5. The first-order chi connectivity index (χ1) is 10.4. The molecule has 0 bridgehead atoms. The van der Waals surface area contributed by atoms with E-state index in [-0.39, 0.29) is 24.8 Å². The first-order valence-electron chi connectivity index (χ1n) is 7.09. The fourth-order valence-electron chi connectivity index (χ4n) is 2.73. The van der Waals surface area contributed by atoms with Gasteiger partial charge in [0, 0.05) is 36.3 Å². The van der Waals surface area contributed by atoms with E-state index in [0.29, 0.717) is 0 Å². The fraction of sp³-hybridized carbons (Fsp3) is 0.357. The highest BCUT2D eigenvalue weighted by Crippen LogP contribution is 2.35. The average Bonchev–Trinajstić information content (AvgIpc) is 3.14. The summed E-state index contributed by atoms with van der Waals surface area (Å²) in [6.07, 6.45) is 7.17. The maximum absolute atomic E-state index is 4.44. The summed E-state index contributed by atoms with van der Waals surface area (Å²) in [5, 5.41) is 8.08. The molecule has 0 saturated carbocycles. The molecule has 23 heavy (non-hydrogen) atoms. The van der Waals surface area contributed by atoms with Crippen LogP contribution in [0.5, 0.6) is 0 Å². The third kappa shape index (κ3) is 3.58. The molecule has 0 aromatic carbocycles. The molecular formula is C14H18Cl2N6S. The Kier molecular flexibility index (Phi) is 6.17. The van der Waals surface area contributed by atoms with E-state index in [1.165, 1.54) is 15.8 Å². The Morgan fingerprint density at radius 3 is 3.00 bits per heavy atom. The fourth-order valence-corrected chi connectivity index (χ4v) is 3.89. The molecule has 6 nitrogen and oxygen atoms in total. The summed E-state index contributed by atoms with van der Waals surface area (Å²) < 4.78 is 0. The predicted molar refractivity (Wildman–Crippen MR) is 98.1 cm³/mol. The number of anilines is 1. The van der Waals surface area contributed by atoms with Gasteiger partial charge in [0.25, 0.3) is 0 Å². The molecule has 9 heteroatoms. The Labute approximate surface area is 150 Å². The van der Waals surface area contributed by atoms with Crippen molar-refractivity contribution >= 4 is 52.2 Å². The highest BCUT2D eigenvalue weighted by Gasteiger charge is 2.19. The lowest BCUT2D eigenvalue weighted by molar-refractivity contribution is 0.657. The molecule has 0 radical (unpaired) electrons. The van der Waals surface area contributed by atoms with E-state index < -0.39 is 0 Å². The summed E-state index contributed by atoms with van der Waals surface area (Å²) in [6.45, 7) is 2.81. The monoisotopic (exact) mass is 372 g/mol. The smallest absolute Gasteiger partial charge is 0.138 e. The number of hydrogen-bond acceptors (Lipinski definition) is 6. The van der Waals surface area contributed by atoms with Gasteiger partial charge >= 0.3 is 0 Å². The zero-order valence-corrected chi connectivity index (χ0v) is 14.8. The van der Waals surface area contributed by atoms with Crippen LogP contribution in [-0.4, -0.2) is 33.0 Å². The van der Waals surface area contributed by atoms with Gasteiger partial charge in [-0.1, -0.05) is 0 Å². The van der Waals surface area contributed by atoms with Crippen molar-refractivity contribution in [3.63, 3.8) is 0 Å². The van der Waals surface area contributed by atoms with Crippen LogP contribution in [0.3, 0.4) is 0 Å². The van der Waals surface area contributed by atoms with Gasteiger partial charge in [0.2, 0.25) is 0 Å².